The van der Waals surface area contributed by atoms with Gasteiger partial charge < -0.3 is 10.5 Å². The maximum absolute atomic E-state index is 13.6. The highest BCUT2D eigenvalue weighted by Crippen LogP contribution is 2.32. The molecule has 0 heterocycles. The van der Waals surface area contributed by atoms with Gasteiger partial charge in [0, 0.05) is 16.1 Å². The molecule has 0 radical (unpaired) electrons. The number of rotatable bonds is 3. The van der Waals surface area contributed by atoms with Crippen molar-refractivity contribution in [3.63, 3.8) is 0 Å². The predicted octanol–water partition coefficient (Wildman–Crippen LogP) is 4.11. The van der Waals surface area contributed by atoms with Gasteiger partial charge >= 0.3 is 0 Å². The molecule has 1 unspecified atom stereocenters. The van der Waals surface area contributed by atoms with Crippen molar-refractivity contribution in [2.24, 2.45) is 5.73 Å². The van der Waals surface area contributed by atoms with Crippen molar-refractivity contribution >= 4 is 15.9 Å². The molecular formula is C16H15BrFNO. The number of benzene rings is 2. The van der Waals surface area contributed by atoms with Gasteiger partial charge in [-0.2, -0.15) is 0 Å². The first-order valence-corrected chi connectivity index (χ1v) is 7.38. The van der Waals surface area contributed by atoms with Crippen LogP contribution in [0.25, 0.3) is 0 Å². The van der Waals surface area contributed by atoms with E-state index in [-0.39, 0.29) is 18.5 Å². The largest absolute Gasteiger partial charge is 0.489 e. The van der Waals surface area contributed by atoms with E-state index in [1.807, 2.05) is 18.2 Å². The molecule has 3 rings (SSSR count). The van der Waals surface area contributed by atoms with Gasteiger partial charge in [-0.3, -0.25) is 0 Å². The minimum Gasteiger partial charge on any atom is -0.489 e. The molecule has 2 aromatic rings. The van der Waals surface area contributed by atoms with Gasteiger partial charge in [-0.15, -0.1) is 0 Å². The Hall–Kier alpha value is -1.39. The minimum absolute atomic E-state index is 0.140. The lowest BCUT2D eigenvalue weighted by atomic mass is 10.1. The van der Waals surface area contributed by atoms with Gasteiger partial charge in [-0.1, -0.05) is 22.0 Å². The van der Waals surface area contributed by atoms with Gasteiger partial charge in [0.05, 0.1) is 0 Å². The molecule has 20 heavy (non-hydrogen) atoms. The molecule has 0 spiro atoms. The molecule has 1 aliphatic carbocycles. The molecule has 0 saturated carbocycles. The fourth-order valence-electron chi connectivity index (χ4n) is 2.53. The standard InChI is InChI=1S/C16H15BrFNO/c17-12-2-5-15(18)11(7-12)9-20-13-3-4-14-10(8-13)1-6-16(14)19/h2-5,7-8,16H,1,6,9,19H2. The van der Waals surface area contributed by atoms with E-state index in [1.165, 1.54) is 17.2 Å². The third-order valence-corrected chi connectivity index (χ3v) is 4.13. The van der Waals surface area contributed by atoms with Crippen LogP contribution in [-0.2, 0) is 13.0 Å². The van der Waals surface area contributed by atoms with Crippen LogP contribution < -0.4 is 10.5 Å². The van der Waals surface area contributed by atoms with E-state index in [1.54, 1.807) is 12.1 Å². The molecule has 4 heteroatoms. The van der Waals surface area contributed by atoms with Crippen molar-refractivity contribution in [2.75, 3.05) is 0 Å². The summed E-state index contributed by atoms with van der Waals surface area (Å²) in [5.41, 5.74) is 8.98. The van der Waals surface area contributed by atoms with Crippen LogP contribution in [0.4, 0.5) is 4.39 Å². The second-order valence-electron chi connectivity index (χ2n) is 5.03. The highest BCUT2D eigenvalue weighted by atomic mass is 79.9. The Morgan fingerprint density at radius 2 is 2.10 bits per heavy atom. The normalized spacial score (nSPS) is 17.1. The second kappa shape index (κ2) is 5.54. The van der Waals surface area contributed by atoms with Crippen molar-refractivity contribution in [3.05, 3.63) is 63.4 Å². The first-order chi connectivity index (χ1) is 9.63. The average Bonchev–Trinajstić information content (AvgIpc) is 2.81. The van der Waals surface area contributed by atoms with Crippen LogP contribution >= 0.6 is 15.9 Å². The number of halogens is 2. The molecule has 104 valence electrons. The molecule has 2 aromatic carbocycles. The van der Waals surface area contributed by atoms with Gasteiger partial charge in [0.25, 0.3) is 0 Å². The summed E-state index contributed by atoms with van der Waals surface area (Å²) in [5.74, 6) is 0.508. The van der Waals surface area contributed by atoms with Crippen LogP contribution in [0, 0.1) is 5.82 Å². The zero-order chi connectivity index (χ0) is 14.1. The van der Waals surface area contributed by atoms with Crippen molar-refractivity contribution < 1.29 is 9.13 Å². The van der Waals surface area contributed by atoms with E-state index in [2.05, 4.69) is 15.9 Å². The van der Waals surface area contributed by atoms with Crippen molar-refractivity contribution in [3.8, 4) is 5.75 Å². The number of hydrogen-bond acceptors (Lipinski definition) is 2. The molecule has 0 amide bonds. The molecule has 2 nitrogen and oxygen atoms in total. The van der Waals surface area contributed by atoms with Gasteiger partial charge in [-0.25, -0.2) is 4.39 Å². The summed E-state index contributed by atoms with van der Waals surface area (Å²) in [6, 6.07) is 10.9. The Balaban J connectivity index is 1.74. The number of nitrogens with two attached hydrogens (primary N) is 1. The maximum Gasteiger partial charge on any atom is 0.129 e. The quantitative estimate of drug-likeness (QED) is 0.915. The minimum atomic E-state index is -0.253. The Labute approximate surface area is 125 Å². The first-order valence-electron chi connectivity index (χ1n) is 6.58. The third-order valence-electron chi connectivity index (χ3n) is 3.64. The Bertz CT molecular complexity index is 644. The van der Waals surface area contributed by atoms with E-state index in [0.29, 0.717) is 5.56 Å². The molecule has 1 atom stereocenters. The first kappa shape index (κ1) is 13.6. The van der Waals surface area contributed by atoms with Crippen LogP contribution in [0.1, 0.15) is 29.2 Å². The average molecular weight is 336 g/mol. The number of hydrogen-bond donors (Lipinski definition) is 1. The number of ether oxygens (including phenoxy) is 1. The van der Waals surface area contributed by atoms with E-state index < -0.39 is 0 Å². The summed E-state index contributed by atoms with van der Waals surface area (Å²) in [6.07, 6.45) is 1.97. The smallest absolute Gasteiger partial charge is 0.129 e. The summed E-state index contributed by atoms with van der Waals surface area (Å²) in [7, 11) is 0. The fraction of sp³-hybridized carbons (Fsp3) is 0.250. The molecule has 0 bridgehead atoms. The summed E-state index contributed by atoms with van der Waals surface area (Å²) < 4.78 is 20.2. The predicted molar refractivity (Wildman–Crippen MR) is 80.1 cm³/mol. The van der Waals surface area contributed by atoms with E-state index >= 15 is 0 Å². The Kier molecular flexibility index (Phi) is 3.76. The van der Waals surface area contributed by atoms with Gasteiger partial charge in [0.2, 0.25) is 0 Å². The molecule has 0 aromatic heterocycles. The number of fused-ring (bicyclic) bond motifs is 1. The van der Waals surface area contributed by atoms with Gasteiger partial charge in [0.1, 0.15) is 18.2 Å². The summed E-state index contributed by atoms with van der Waals surface area (Å²) in [6.45, 7) is 0.218. The highest BCUT2D eigenvalue weighted by Gasteiger charge is 2.19. The third kappa shape index (κ3) is 2.72. The fourth-order valence-corrected chi connectivity index (χ4v) is 2.94. The second-order valence-corrected chi connectivity index (χ2v) is 5.95. The zero-order valence-electron chi connectivity index (χ0n) is 10.9. The Morgan fingerprint density at radius 1 is 1.25 bits per heavy atom. The molecule has 2 N–H and O–H groups in total. The van der Waals surface area contributed by atoms with E-state index in [0.717, 1.165) is 23.1 Å². The van der Waals surface area contributed by atoms with E-state index in [4.69, 9.17) is 10.5 Å². The van der Waals surface area contributed by atoms with Crippen LogP contribution in [0.5, 0.6) is 5.75 Å². The van der Waals surface area contributed by atoms with Crippen molar-refractivity contribution in [1.29, 1.82) is 0 Å². The van der Waals surface area contributed by atoms with Crippen LogP contribution in [0.2, 0.25) is 0 Å². The topological polar surface area (TPSA) is 35.2 Å². The molecular weight excluding hydrogens is 321 g/mol. The summed E-state index contributed by atoms with van der Waals surface area (Å²) in [5, 5.41) is 0. The Morgan fingerprint density at radius 3 is 2.95 bits per heavy atom. The lowest BCUT2D eigenvalue weighted by molar-refractivity contribution is 0.299. The lowest BCUT2D eigenvalue weighted by Gasteiger charge is -2.10. The highest BCUT2D eigenvalue weighted by molar-refractivity contribution is 9.10. The van der Waals surface area contributed by atoms with Crippen LogP contribution in [0.15, 0.2) is 40.9 Å². The van der Waals surface area contributed by atoms with Crippen LogP contribution in [-0.4, -0.2) is 0 Å². The summed E-state index contributed by atoms with van der Waals surface area (Å²) in [4.78, 5) is 0. The molecule has 0 saturated heterocycles. The molecule has 1 aliphatic rings. The summed E-state index contributed by atoms with van der Waals surface area (Å²) >= 11 is 3.33. The van der Waals surface area contributed by atoms with E-state index in [9.17, 15) is 4.39 Å². The molecule has 0 aliphatic heterocycles. The van der Waals surface area contributed by atoms with Crippen molar-refractivity contribution in [2.45, 2.75) is 25.5 Å². The van der Waals surface area contributed by atoms with Gasteiger partial charge in [-0.05, 0) is 54.3 Å². The monoisotopic (exact) mass is 335 g/mol. The van der Waals surface area contributed by atoms with Crippen molar-refractivity contribution in [1.82, 2.24) is 0 Å². The van der Waals surface area contributed by atoms with Crippen LogP contribution in [0.3, 0.4) is 0 Å². The number of aryl methyl sites for hydroxylation is 1. The SMILES string of the molecule is NC1CCc2cc(OCc3cc(Br)ccc3F)ccc21. The maximum atomic E-state index is 13.6. The molecule has 0 fully saturated rings. The lowest BCUT2D eigenvalue weighted by Crippen LogP contribution is -2.05. The zero-order valence-corrected chi connectivity index (χ0v) is 12.5. The van der Waals surface area contributed by atoms with Gasteiger partial charge in [0.15, 0.2) is 0 Å².